The first-order valence-electron chi connectivity index (χ1n) is 10.3. The molecular weight excluding hydrogens is 382 g/mol. The van der Waals surface area contributed by atoms with Crippen molar-refractivity contribution in [1.82, 2.24) is 9.88 Å². The molecular formula is C23H29N3O2S. The van der Waals surface area contributed by atoms with Gasteiger partial charge in [-0.15, -0.1) is 11.3 Å². The highest BCUT2D eigenvalue weighted by Crippen LogP contribution is 2.37. The summed E-state index contributed by atoms with van der Waals surface area (Å²) in [5, 5.41) is 0. The van der Waals surface area contributed by atoms with E-state index in [1.807, 2.05) is 54.6 Å². The molecule has 0 unspecified atom stereocenters. The van der Waals surface area contributed by atoms with E-state index in [0.29, 0.717) is 12.3 Å². The van der Waals surface area contributed by atoms with Crippen molar-refractivity contribution in [3.8, 4) is 0 Å². The number of aryl methyl sites for hydroxylation is 1. The monoisotopic (exact) mass is 411 g/mol. The van der Waals surface area contributed by atoms with Gasteiger partial charge in [0, 0.05) is 43.0 Å². The number of hydrogen-bond acceptors (Lipinski definition) is 5. The molecule has 2 saturated heterocycles. The second-order valence-corrected chi connectivity index (χ2v) is 9.23. The molecule has 0 aliphatic carbocycles. The summed E-state index contributed by atoms with van der Waals surface area (Å²) in [4.78, 5) is 23.2. The number of morpholine rings is 1. The Morgan fingerprint density at radius 1 is 1.21 bits per heavy atom. The third kappa shape index (κ3) is 4.23. The topological polar surface area (TPSA) is 45.7 Å². The number of piperidine rings is 1. The average Bonchev–Trinajstić information content (AvgIpc) is 3.14. The Hall–Kier alpha value is -2.18. The van der Waals surface area contributed by atoms with Crippen molar-refractivity contribution in [3.05, 3.63) is 57.7 Å². The molecule has 1 spiro atoms. The van der Waals surface area contributed by atoms with Gasteiger partial charge >= 0.3 is 0 Å². The molecule has 2 fully saturated rings. The van der Waals surface area contributed by atoms with Gasteiger partial charge in [-0.25, -0.2) is 4.98 Å². The summed E-state index contributed by atoms with van der Waals surface area (Å²) in [6, 6.07) is 9.96. The van der Waals surface area contributed by atoms with Crippen molar-refractivity contribution in [2.45, 2.75) is 45.6 Å². The predicted octanol–water partition coefficient (Wildman–Crippen LogP) is 4.19. The number of aromatic nitrogens is 1. The number of rotatable bonds is 4. The smallest absolute Gasteiger partial charge is 0.293 e. The number of anilines is 1. The highest BCUT2D eigenvalue weighted by atomic mass is 32.1. The van der Waals surface area contributed by atoms with E-state index < -0.39 is 0 Å². The lowest BCUT2D eigenvalue weighted by Gasteiger charge is -2.48. The SMILES string of the molecule is CC(C)=C1OC2(CCN(CCc3scnc3C)CC2)CN(c2ccccc2)C1=O. The largest absolute Gasteiger partial charge is 0.480 e. The molecule has 3 heterocycles. The third-order valence-corrected chi connectivity index (χ3v) is 6.99. The minimum atomic E-state index is -0.298. The van der Waals surface area contributed by atoms with E-state index in [4.69, 9.17) is 4.74 Å². The zero-order valence-corrected chi connectivity index (χ0v) is 18.3. The maximum Gasteiger partial charge on any atom is 0.293 e. The van der Waals surface area contributed by atoms with Gasteiger partial charge in [0.05, 0.1) is 17.7 Å². The molecule has 1 amide bonds. The van der Waals surface area contributed by atoms with E-state index in [1.54, 1.807) is 11.3 Å². The van der Waals surface area contributed by atoms with Gasteiger partial charge in [-0.05, 0) is 44.9 Å². The molecule has 4 rings (SSSR count). The van der Waals surface area contributed by atoms with Gasteiger partial charge in [0.15, 0.2) is 5.76 Å². The lowest BCUT2D eigenvalue weighted by Crippen LogP contribution is -2.58. The maximum atomic E-state index is 13.1. The Kier molecular flexibility index (Phi) is 5.74. The number of amides is 1. The minimum absolute atomic E-state index is 0.0232. The van der Waals surface area contributed by atoms with Crippen LogP contribution in [-0.4, -0.2) is 47.6 Å². The van der Waals surface area contributed by atoms with Gasteiger partial charge in [0.25, 0.3) is 5.91 Å². The second-order valence-electron chi connectivity index (χ2n) is 8.29. The number of allylic oxidation sites excluding steroid dienone is 1. The molecule has 0 radical (unpaired) electrons. The number of carbonyl (C=O) groups excluding carboxylic acids is 1. The molecule has 1 aromatic heterocycles. The molecule has 1 aromatic carbocycles. The summed E-state index contributed by atoms with van der Waals surface area (Å²) >= 11 is 1.75. The van der Waals surface area contributed by atoms with Crippen LogP contribution in [0.3, 0.4) is 0 Å². The molecule has 0 N–H and O–H groups in total. The fraction of sp³-hybridized carbons (Fsp3) is 0.478. The van der Waals surface area contributed by atoms with Crippen molar-refractivity contribution >= 4 is 22.9 Å². The van der Waals surface area contributed by atoms with Crippen molar-refractivity contribution in [2.24, 2.45) is 0 Å². The van der Waals surface area contributed by atoms with Crippen LogP contribution in [0.1, 0.15) is 37.3 Å². The zero-order valence-electron chi connectivity index (χ0n) is 17.5. The van der Waals surface area contributed by atoms with E-state index in [0.717, 1.165) is 55.9 Å². The van der Waals surface area contributed by atoms with Crippen molar-refractivity contribution in [1.29, 1.82) is 0 Å². The molecule has 2 aliphatic heterocycles. The first-order chi connectivity index (χ1) is 14.0. The summed E-state index contributed by atoms with van der Waals surface area (Å²) in [6.45, 7) is 9.66. The van der Waals surface area contributed by atoms with E-state index >= 15 is 0 Å². The zero-order chi connectivity index (χ0) is 20.4. The fourth-order valence-corrected chi connectivity index (χ4v) is 4.95. The Morgan fingerprint density at radius 2 is 1.93 bits per heavy atom. The van der Waals surface area contributed by atoms with Crippen LogP contribution in [0.5, 0.6) is 0 Å². The molecule has 6 heteroatoms. The van der Waals surface area contributed by atoms with Gasteiger partial charge in [-0.2, -0.15) is 0 Å². The van der Waals surface area contributed by atoms with Gasteiger partial charge in [0.1, 0.15) is 5.60 Å². The molecule has 154 valence electrons. The highest BCUT2D eigenvalue weighted by Gasteiger charge is 2.45. The number of benzene rings is 1. The quantitative estimate of drug-likeness (QED) is 0.708. The molecule has 0 saturated carbocycles. The lowest BCUT2D eigenvalue weighted by atomic mass is 9.88. The maximum absolute atomic E-state index is 13.1. The molecule has 5 nitrogen and oxygen atoms in total. The number of ether oxygens (including phenoxy) is 1. The number of thiazole rings is 1. The first kappa shape index (κ1) is 20.1. The van der Waals surface area contributed by atoms with Crippen molar-refractivity contribution < 1.29 is 9.53 Å². The Labute approximate surface area is 177 Å². The molecule has 29 heavy (non-hydrogen) atoms. The van der Waals surface area contributed by atoms with Crippen LogP contribution in [0.2, 0.25) is 0 Å². The van der Waals surface area contributed by atoms with Crippen LogP contribution >= 0.6 is 11.3 Å². The molecule has 0 atom stereocenters. The number of nitrogens with zero attached hydrogens (tertiary/aromatic N) is 3. The van der Waals surface area contributed by atoms with Crippen LogP contribution in [0.15, 0.2) is 47.2 Å². The number of hydrogen-bond donors (Lipinski definition) is 0. The summed E-state index contributed by atoms with van der Waals surface area (Å²) in [7, 11) is 0. The van der Waals surface area contributed by atoms with E-state index in [2.05, 4.69) is 16.8 Å². The number of para-hydroxylation sites is 1. The van der Waals surface area contributed by atoms with Crippen LogP contribution in [-0.2, 0) is 16.0 Å². The van der Waals surface area contributed by atoms with E-state index in [-0.39, 0.29) is 11.5 Å². The van der Waals surface area contributed by atoms with Crippen LogP contribution in [0.4, 0.5) is 5.69 Å². The Balaban J connectivity index is 1.46. The van der Waals surface area contributed by atoms with E-state index in [1.165, 1.54) is 4.88 Å². The van der Waals surface area contributed by atoms with Crippen LogP contribution in [0.25, 0.3) is 0 Å². The van der Waals surface area contributed by atoms with Gasteiger partial charge in [-0.3, -0.25) is 4.79 Å². The van der Waals surface area contributed by atoms with Gasteiger partial charge < -0.3 is 14.5 Å². The minimum Gasteiger partial charge on any atom is -0.480 e. The molecule has 2 aliphatic rings. The van der Waals surface area contributed by atoms with Crippen molar-refractivity contribution in [2.75, 3.05) is 31.1 Å². The first-order valence-corrected chi connectivity index (χ1v) is 11.2. The van der Waals surface area contributed by atoms with Crippen LogP contribution in [0, 0.1) is 6.92 Å². The summed E-state index contributed by atoms with van der Waals surface area (Å²) in [6.07, 6.45) is 2.92. The lowest BCUT2D eigenvalue weighted by molar-refractivity contribution is -0.131. The summed E-state index contributed by atoms with van der Waals surface area (Å²) in [5.41, 5.74) is 4.68. The predicted molar refractivity (Wildman–Crippen MR) is 117 cm³/mol. The number of carbonyl (C=O) groups is 1. The average molecular weight is 412 g/mol. The van der Waals surface area contributed by atoms with Crippen molar-refractivity contribution in [3.63, 3.8) is 0 Å². The normalized spacial score (nSPS) is 19.5. The standard InChI is InChI=1S/C23H29N3O2S/c1-17(2)21-22(27)26(19-7-5-4-6-8-19)15-23(28-21)10-13-25(14-11-23)12-9-20-18(3)24-16-29-20/h4-8,16H,9-15H2,1-3H3. The number of likely N-dealkylation sites (tertiary alicyclic amines) is 1. The summed E-state index contributed by atoms with van der Waals surface area (Å²) in [5.74, 6) is 0.499. The molecule has 0 bridgehead atoms. The molecule has 2 aromatic rings. The Bertz CT molecular complexity index is 894. The summed E-state index contributed by atoms with van der Waals surface area (Å²) < 4.78 is 6.41. The second kappa shape index (κ2) is 8.28. The van der Waals surface area contributed by atoms with Crippen LogP contribution < -0.4 is 4.90 Å². The van der Waals surface area contributed by atoms with E-state index in [9.17, 15) is 4.79 Å². The fourth-order valence-electron chi connectivity index (χ4n) is 4.18. The highest BCUT2D eigenvalue weighted by molar-refractivity contribution is 7.09. The van der Waals surface area contributed by atoms with Gasteiger partial charge in [-0.1, -0.05) is 18.2 Å². The third-order valence-electron chi connectivity index (χ3n) is 5.99. The van der Waals surface area contributed by atoms with Gasteiger partial charge in [0.2, 0.25) is 0 Å². The Morgan fingerprint density at radius 3 is 2.55 bits per heavy atom.